The second-order valence-electron chi connectivity index (χ2n) is 2.79. The summed E-state index contributed by atoms with van der Waals surface area (Å²) in [6.45, 7) is 5.99. The van der Waals surface area contributed by atoms with Gasteiger partial charge >= 0.3 is 0 Å². The van der Waals surface area contributed by atoms with Crippen LogP contribution in [0.5, 0.6) is 0 Å². The molecule has 0 N–H and O–H groups in total. The van der Waals surface area contributed by atoms with Crippen LogP contribution in [0.2, 0.25) is 0 Å². The van der Waals surface area contributed by atoms with Gasteiger partial charge < -0.3 is 0 Å². The molecule has 1 atom stereocenters. The fourth-order valence-electron chi connectivity index (χ4n) is 1.17. The predicted molar refractivity (Wildman–Crippen MR) is 48.7 cm³/mol. The third kappa shape index (κ3) is 1.94. The van der Waals surface area contributed by atoms with Crippen molar-refractivity contribution in [2.24, 2.45) is 4.99 Å². The molecule has 0 saturated carbocycles. The van der Waals surface area contributed by atoms with Gasteiger partial charge in [-0.1, -0.05) is 12.0 Å². The van der Waals surface area contributed by atoms with Gasteiger partial charge in [-0.2, -0.15) is 0 Å². The lowest BCUT2D eigenvalue weighted by Crippen LogP contribution is -2.09. The molecule has 1 heterocycles. The normalized spacial score (nSPS) is 23.0. The van der Waals surface area contributed by atoms with E-state index < -0.39 is 0 Å². The van der Waals surface area contributed by atoms with Gasteiger partial charge in [-0.15, -0.1) is 5.92 Å². The molecule has 1 heteroatoms. The van der Waals surface area contributed by atoms with Crippen molar-refractivity contribution in [3.8, 4) is 11.8 Å². The van der Waals surface area contributed by atoms with E-state index >= 15 is 0 Å². The van der Waals surface area contributed by atoms with Crippen LogP contribution in [0.4, 0.5) is 0 Å². The highest BCUT2D eigenvalue weighted by molar-refractivity contribution is 6.02. The van der Waals surface area contributed by atoms with Crippen molar-refractivity contribution < 1.29 is 0 Å². The third-order valence-electron chi connectivity index (χ3n) is 1.73. The maximum absolute atomic E-state index is 4.43. The summed E-state index contributed by atoms with van der Waals surface area (Å²) in [7, 11) is 0. The van der Waals surface area contributed by atoms with E-state index in [1.807, 2.05) is 13.8 Å². The van der Waals surface area contributed by atoms with Gasteiger partial charge in [0.15, 0.2) is 0 Å². The Morgan fingerprint density at radius 1 is 1.64 bits per heavy atom. The second kappa shape index (κ2) is 3.39. The van der Waals surface area contributed by atoms with Crippen molar-refractivity contribution in [1.29, 1.82) is 0 Å². The minimum atomic E-state index is 0.442. The molecule has 0 aromatic rings. The molecule has 11 heavy (non-hydrogen) atoms. The second-order valence-corrected chi connectivity index (χ2v) is 2.79. The molecule has 0 bridgehead atoms. The monoisotopic (exact) mass is 147 g/mol. The molecule has 0 radical (unpaired) electrons. The van der Waals surface area contributed by atoms with E-state index in [4.69, 9.17) is 0 Å². The fraction of sp³-hybridized carbons (Fsp3) is 0.500. The third-order valence-corrected chi connectivity index (χ3v) is 1.73. The zero-order valence-corrected chi connectivity index (χ0v) is 7.31. The van der Waals surface area contributed by atoms with Gasteiger partial charge in [0.05, 0.1) is 6.04 Å². The van der Waals surface area contributed by atoms with Crippen LogP contribution in [0.1, 0.15) is 27.2 Å². The van der Waals surface area contributed by atoms with Gasteiger partial charge in [0, 0.05) is 11.3 Å². The van der Waals surface area contributed by atoms with E-state index in [0.717, 1.165) is 17.7 Å². The average molecular weight is 147 g/mol. The minimum absolute atomic E-state index is 0.442. The largest absolute Gasteiger partial charge is 0.285 e. The van der Waals surface area contributed by atoms with E-state index in [9.17, 15) is 0 Å². The molecule has 1 unspecified atom stereocenters. The van der Waals surface area contributed by atoms with Crippen molar-refractivity contribution >= 4 is 5.71 Å². The molecule has 0 amide bonds. The summed E-state index contributed by atoms with van der Waals surface area (Å²) in [4.78, 5) is 4.43. The predicted octanol–water partition coefficient (Wildman–Crippen LogP) is 2.19. The summed E-state index contributed by atoms with van der Waals surface area (Å²) in [6.07, 6.45) is 3.20. The number of dihydropyridines is 1. The Balaban J connectivity index is 2.82. The average Bonchev–Trinajstić information content (AvgIpc) is 1.95. The fourth-order valence-corrected chi connectivity index (χ4v) is 1.17. The molecular weight excluding hydrogens is 134 g/mol. The van der Waals surface area contributed by atoms with Crippen LogP contribution in [-0.4, -0.2) is 11.8 Å². The van der Waals surface area contributed by atoms with Crippen LogP contribution >= 0.6 is 0 Å². The van der Waals surface area contributed by atoms with E-state index in [1.165, 1.54) is 0 Å². The van der Waals surface area contributed by atoms with E-state index in [0.29, 0.717) is 6.04 Å². The number of hydrogen-bond donors (Lipinski definition) is 0. The Labute approximate surface area is 68.2 Å². The van der Waals surface area contributed by atoms with Gasteiger partial charge in [0.25, 0.3) is 0 Å². The Kier molecular flexibility index (Phi) is 2.48. The Morgan fingerprint density at radius 3 is 2.91 bits per heavy atom. The van der Waals surface area contributed by atoms with Gasteiger partial charge in [-0.3, -0.25) is 4.99 Å². The molecule has 0 aliphatic carbocycles. The molecule has 0 aromatic carbocycles. The van der Waals surface area contributed by atoms with Gasteiger partial charge in [0.1, 0.15) is 0 Å². The molecule has 1 aliphatic rings. The first-order chi connectivity index (χ1) is 5.24. The molecule has 0 fully saturated rings. The Bertz CT molecular complexity index is 260. The lowest BCUT2D eigenvalue weighted by Gasteiger charge is -2.11. The Morgan fingerprint density at radius 2 is 2.36 bits per heavy atom. The molecule has 0 spiro atoms. The number of rotatable bonds is 0. The Hall–Kier alpha value is -1.03. The van der Waals surface area contributed by atoms with Crippen LogP contribution in [-0.2, 0) is 0 Å². The number of nitrogens with zero attached hydrogens (tertiary/aromatic N) is 1. The number of hydrogen-bond acceptors (Lipinski definition) is 1. The van der Waals surface area contributed by atoms with Gasteiger partial charge in [-0.25, -0.2) is 0 Å². The first kappa shape index (κ1) is 8.07. The first-order valence-electron chi connectivity index (χ1n) is 3.91. The van der Waals surface area contributed by atoms with Crippen LogP contribution in [0.15, 0.2) is 16.6 Å². The standard InChI is InChI=1S/C10H13N/c1-4-5-10-7-6-8(2)11-9(10)3/h7-8H,6H2,1-3H3. The summed E-state index contributed by atoms with van der Waals surface area (Å²) < 4.78 is 0. The summed E-state index contributed by atoms with van der Waals surface area (Å²) in [5, 5.41) is 0. The maximum Gasteiger partial charge on any atom is 0.0510 e. The topological polar surface area (TPSA) is 12.4 Å². The smallest absolute Gasteiger partial charge is 0.0510 e. The van der Waals surface area contributed by atoms with Gasteiger partial charge in [0.2, 0.25) is 0 Å². The highest BCUT2D eigenvalue weighted by atomic mass is 14.8. The summed E-state index contributed by atoms with van der Waals surface area (Å²) in [5.74, 6) is 5.92. The van der Waals surface area contributed by atoms with Crippen molar-refractivity contribution in [2.75, 3.05) is 0 Å². The summed E-state index contributed by atoms with van der Waals surface area (Å²) in [6, 6.07) is 0.442. The number of aliphatic imine (C=N–C) groups is 1. The molecule has 1 nitrogen and oxygen atoms in total. The van der Waals surface area contributed by atoms with Crippen LogP contribution in [0.25, 0.3) is 0 Å². The van der Waals surface area contributed by atoms with Crippen LogP contribution < -0.4 is 0 Å². The SMILES string of the molecule is CC#CC1=CCC(C)N=C1C. The van der Waals surface area contributed by atoms with Crippen LogP contribution in [0.3, 0.4) is 0 Å². The zero-order valence-electron chi connectivity index (χ0n) is 7.31. The molecule has 1 rings (SSSR count). The molecule has 1 aliphatic heterocycles. The molecule has 0 aromatic heterocycles. The van der Waals surface area contributed by atoms with E-state index in [-0.39, 0.29) is 0 Å². The van der Waals surface area contributed by atoms with Crippen molar-refractivity contribution in [3.63, 3.8) is 0 Å². The first-order valence-corrected chi connectivity index (χ1v) is 3.91. The van der Waals surface area contributed by atoms with E-state index in [1.54, 1.807) is 0 Å². The van der Waals surface area contributed by atoms with Crippen molar-refractivity contribution in [1.82, 2.24) is 0 Å². The quantitative estimate of drug-likeness (QED) is 0.466. The van der Waals surface area contributed by atoms with E-state index in [2.05, 4.69) is 29.8 Å². The summed E-state index contributed by atoms with van der Waals surface area (Å²) >= 11 is 0. The number of allylic oxidation sites excluding steroid dienone is 1. The maximum atomic E-state index is 4.43. The molecule has 58 valence electrons. The highest BCUT2D eigenvalue weighted by Crippen LogP contribution is 2.11. The van der Waals surface area contributed by atoms with Crippen LogP contribution in [0, 0.1) is 11.8 Å². The highest BCUT2D eigenvalue weighted by Gasteiger charge is 2.07. The van der Waals surface area contributed by atoms with Crippen molar-refractivity contribution in [3.05, 3.63) is 11.6 Å². The molecular formula is C10H13N. The van der Waals surface area contributed by atoms with Gasteiger partial charge in [-0.05, 0) is 27.2 Å². The van der Waals surface area contributed by atoms with Crippen molar-refractivity contribution in [2.45, 2.75) is 33.2 Å². The zero-order chi connectivity index (χ0) is 8.27. The lowest BCUT2D eigenvalue weighted by molar-refractivity contribution is 0.749. The molecule has 0 saturated heterocycles. The lowest BCUT2D eigenvalue weighted by atomic mass is 10.0. The summed E-state index contributed by atoms with van der Waals surface area (Å²) in [5.41, 5.74) is 2.18. The minimum Gasteiger partial charge on any atom is -0.285 e.